The van der Waals surface area contributed by atoms with Gasteiger partial charge in [0.15, 0.2) is 17.5 Å². The molecule has 0 N–H and O–H groups in total. The van der Waals surface area contributed by atoms with Gasteiger partial charge in [-0.05, 0) is 80.9 Å². The molecule has 5 heteroatoms. The zero-order chi connectivity index (χ0) is 38.2. The smallest absolute Gasteiger partial charge is 0.164 e. The molecule has 0 saturated carbocycles. The van der Waals surface area contributed by atoms with Crippen LogP contribution in [0.15, 0.2) is 197 Å². The first-order valence-corrected chi connectivity index (χ1v) is 19.4. The maximum absolute atomic E-state index is 6.63. The summed E-state index contributed by atoms with van der Waals surface area (Å²) in [6.45, 7) is 0. The molecule has 0 saturated heterocycles. The molecule has 3 aromatic heterocycles. The third-order valence-electron chi connectivity index (χ3n) is 11.3. The van der Waals surface area contributed by atoms with Crippen LogP contribution in [0.2, 0.25) is 0 Å². The van der Waals surface area contributed by atoms with Crippen molar-refractivity contribution in [2.45, 2.75) is 0 Å². The zero-order valence-electron chi connectivity index (χ0n) is 31.1. The van der Waals surface area contributed by atoms with Crippen LogP contribution in [0.5, 0.6) is 0 Å². The zero-order valence-corrected chi connectivity index (χ0v) is 31.1. The van der Waals surface area contributed by atoms with Crippen molar-refractivity contribution in [2.24, 2.45) is 0 Å². The van der Waals surface area contributed by atoms with E-state index < -0.39 is 0 Å². The van der Waals surface area contributed by atoms with E-state index in [2.05, 4.69) is 146 Å². The fraction of sp³-hybridized carbons (Fsp3) is 0. The van der Waals surface area contributed by atoms with Gasteiger partial charge < -0.3 is 8.83 Å². The molecule has 58 heavy (non-hydrogen) atoms. The Morgan fingerprint density at radius 3 is 1.64 bits per heavy atom. The minimum atomic E-state index is 0.573. The Morgan fingerprint density at radius 1 is 0.293 bits per heavy atom. The van der Waals surface area contributed by atoms with E-state index in [9.17, 15) is 0 Å². The quantitative estimate of drug-likeness (QED) is 0.176. The molecule has 3 heterocycles. The van der Waals surface area contributed by atoms with Crippen LogP contribution in [0.3, 0.4) is 0 Å². The fourth-order valence-corrected chi connectivity index (χ4v) is 8.50. The summed E-state index contributed by atoms with van der Waals surface area (Å²) >= 11 is 0. The van der Waals surface area contributed by atoms with Gasteiger partial charge in [0, 0.05) is 43.6 Å². The highest BCUT2D eigenvalue weighted by Crippen LogP contribution is 2.42. The SMILES string of the molecule is c1ccc(-c2ccc3cc(-c4nc(-c5cc6c7cc(-c8ccccc8)ccc7oc6c6ccccc56)nc(-c5cccc6oc7ccccc7c56)n4)ccc3c2)cc1. The van der Waals surface area contributed by atoms with Crippen molar-refractivity contribution in [3.8, 4) is 56.4 Å². The summed E-state index contributed by atoms with van der Waals surface area (Å²) in [5.41, 5.74) is 10.6. The van der Waals surface area contributed by atoms with Gasteiger partial charge >= 0.3 is 0 Å². The third kappa shape index (κ3) is 5.21. The molecule has 0 unspecified atom stereocenters. The number of para-hydroxylation sites is 1. The predicted molar refractivity (Wildman–Crippen MR) is 237 cm³/mol. The van der Waals surface area contributed by atoms with Gasteiger partial charge in [-0.2, -0.15) is 0 Å². The maximum atomic E-state index is 6.63. The number of furan rings is 2. The normalized spacial score (nSPS) is 11.8. The van der Waals surface area contributed by atoms with E-state index >= 15 is 0 Å². The largest absolute Gasteiger partial charge is 0.456 e. The molecule has 0 aliphatic carbocycles. The Kier molecular flexibility index (Phi) is 7.16. The van der Waals surface area contributed by atoms with Crippen molar-refractivity contribution in [2.75, 3.05) is 0 Å². The second-order valence-electron chi connectivity index (χ2n) is 14.8. The van der Waals surface area contributed by atoms with Gasteiger partial charge in [0.2, 0.25) is 0 Å². The summed E-state index contributed by atoms with van der Waals surface area (Å²) in [6, 6.07) is 65.2. The molecular formula is C53H31N3O2. The molecule has 0 fully saturated rings. The molecule has 270 valence electrons. The van der Waals surface area contributed by atoms with Gasteiger partial charge in [-0.15, -0.1) is 0 Å². The van der Waals surface area contributed by atoms with Crippen LogP contribution in [0, 0.1) is 0 Å². The summed E-state index contributed by atoms with van der Waals surface area (Å²) in [5, 5.41) is 8.29. The standard InChI is InChI=1S/C53H31N3O2/c1-3-12-32(13-4-1)34-22-23-36-29-38(25-24-35(36)28-34)51-54-52(42-19-11-21-48-49(42)41-18-9-10-20-46(41)57-48)56-53(55-51)45-31-44-43-30-37(33-14-5-2-6-15-33)26-27-47(43)58-50(44)40-17-8-7-16-39(40)45/h1-31H. The third-order valence-corrected chi connectivity index (χ3v) is 11.3. The number of hydrogen-bond acceptors (Lipinski definition) is 5. The van der Waals surface area contributed by atoms with Crippen molar-refractivity contribution < 1.29 is 8.83 Å². The molecular weight excluding hydrogens is 711 g/mol. The number of aromatic nitrogens is 3. The maximum Gasteiger partial charge on any atom is 0.164 e. The van der Waals surface area contributed by atoms with Crippen molar-refractivity contribution in [3.05, 3.63) is 188 Å². The lowest BCUT2D eigenvalue weighted by atomic mass is 9.98. The van der Waals surface area contributed by atoms with Crippen molar-refractivity contribution in [1.82, 2.24) is 15.0 Å². The van der Waals surface area contributed by atoms with Crippen molar-refractivity contribution in [3.63, 3.8) is 0 Å². The van der Waals surface area contributed by atoms with Crippen molar-refractivity contribution >= 4 is 65.4 Å². The average Bonchev–Trinajstić information content (AvgIpc) is 3.87. The lowest BCUT2D eigenvalue weighted by molar-refractivity contribution is 0.669. The highest BCUT2D eigenvalue weighted by molar-refractivity contribution is 6.19. The van der Waals surface area contributed by atoms with E-state index in [0.717, 1.165) is 93.2 Å². The summed E-state index contributed by atoms with van der Waals surface area (Å²) in [6.07, 6.45) is 0. The Morgan fingerprint density at radius 2 is 0.862 bits per heavy atom. The first kappa shape index (κ1) is 32.4. The number of nitrogens with zero attached hydrogens (tertiary/aromatic N) is 3. The minimum Gasteiger partial charge on any atom is -0.456 e. The molecule has 12 aromatic rings. The monoisotopic (exact) mass is 741 g/mol. The minimum absolute atomic E-state index is 0.573. The van der Waals surface area contributed by atoms with Gasteiger partial charge in [-0.1, -0.05) is 146 Å². The molecule has 0 radical (unpaired) electrons. The Balaban J connectivity index is 1.11. The Bertz CT molecular complexity index is 3570. The Labute approximate surface area is 332 Å². The summed E-state index contributed by atoms with van der Waals surface area (Å²) in [5.74, 6) is 1.74. The number of hydrogen-bond donors (Lipinski definition) is 0. The molecule has 9 aromatic carbocycles. The van der Waals surface area contributed by atoms with Gasteiger partial charge in [0.25, 0.3) is 0 Å². The summed E-state index contributed by atoms with van der Waals surface area (Å²) in [4.78, 5) is 15.9. The Hall–Kier alpha value is -7.89. The molecule has 12 rings (SSSR count). The topological polar surface area (TPSA) is 65.0 Å². The molecule has 5 nitrogen and oxygen atoms in total. The molecule has 0 amide bonds. The predicted octanol–water partition coefficient (Wildman–Crippen LogP) is 14.3. The second kappa shape index (κ2) is 12.8. The molecule has 0 bridgehead atoms. The lowest BCUT2D eigenvalue weighted by Gasteiger charge is -2.12. The highest BCUT2D eigenvalue weighted by atomic mass is 16.3. The summed E-state index contributed by atoms with van der Waals surface area (Å²) in [7, 11) is 0. The van der Waals surface area contributed by atoms with Crippen molar-refractivity contribution in [1.29, 1.82) is 0 Å². The van der Waals surface area contributed by atoms with E-state index in [1.807, 2.05) is 42.5 Å². The fourth-order valence-electron chi connectivity index (χ4n) is 8.50. The average molecular weight is 742 g/mol. The van der Waals surface area contributed by atoms with Gasteiger partial charge in [-0.3, -0.25) is 0 Å². The van der Waals surface area contributed by atoms with E-state index in [-0.39, 0.29) is 0 Å². The van der Waals surface area contributed by atoms with E-state index in [1.165, 1.54) is 11.1 Å². The first-order chi connectivity index (χ1) is 28.7. The molecule has 0 aliphatic rings. The number of rotatable bonds is 5. The van der Waals surface area contributed by atoms with Crippen LogP contribution >= 0.6 is 0 Å². The van der Waals surface area contributed by atoms with Crippen LogP contribution in [0.25, 0.3) is 122 Å². The molecule has 0 atom stereocenters. The van der Waals surface area contributed by atoms with Crippen LogP contribution < -0.4 is 0 Å². The van der Waals surface area contributed by atoms with Gasteiger partial charge in [0.05, 0.1) is 0 Å². The number of benzene rings is 9. The highest BCUT2D eigenvalue weighted by Gasteiger charge is 2.21. The van der Waals surface area contributed by atoms with E-state index in [0.29, 0.717) is 17.5 Å². The van der Waals surface area contributed by atoms with Gasteiger partial charge in [-0.25, -0.2) is 15.0 Å². The lowest BCUT2D eigenvalue weighted by Crippen LogP contribution is -2.01. The second-order valence-corrected chi connectivity index (χ2v) is 14.8. The van der Waals surface area contributed by atoms with E-state index in [4.69, 9.17) is 23.8 Å². The number of fused-ring (bicyclic) bond motifs is 9. The van der Waals surface area contributed by atoms with Gasteiger partial charge in [0.1, 0.15) is 22.3 Å². The summed E-state index contributed by atoms with van der Waals surface area (Å²) < 4.78 is 13.0. The van der Waals surface area contributed by atoms with Crippen LogP contribution in [-0.2, 0) is 0 Å². The van der Waals surface area contributed by atoms with Crippen LogP contribution in [0.1, 0.15) is 0 Å². The van der Waals surface area contributed by atoms with E-state index in [1.54, 1.807) is 0 Å². The van der Waals surface area contributed by atoms with Crippen LogP contribution in [-0.4, -0.2) is 15.0 Å². The molecule has 0 spiro atoms. The first-order valence-electron chi connectivity index (χ1n) is 19.4. The molecule has 0 aliphatic heterocycles. The van der Waals surface area contributed by atoms with Crippen LogP contribution in [0.4, 0.5) is 0 Å².